The van der Waals surface area contributed by atoms with Gasteiger partial charge in [-0.2, -0.15) is 0 Å². The Morgan fingerprint density at radius 1 is 1.05 bits per heavy atom. The monoisotopic (exact) mass is 291 g/mol. The molecule has 0 bridgehead atoms. The Kier molecular flexibility index (Phi) is 3.34. The quantitative estimate of drug-likeness (QED) is 0.921. The van der Waals surface area contributed by atoms with Crippen LogP contribution in [0.2, 0.25) is 0 Å². The van der Waals surface area contributed by atoms with Gasteiger partial charge in [0.15, 0.2) is 0 Å². The summed E-state index contributed by atoms with van der Waals surface area (Å²) in [6.07, 6.45) is 1.08. The fourth-order valence-corrected chi connectivity index (χ4v) is 4.49. The van der Waals surface area contributed by atoms with E-state index in [1.807, 2.05) is 0 Å². The van der Waals surface area contributed by atoms with Gasteiger partial charge in [-0.1, -0.05) is 54.6 Å². The molecule has 1 heterocycles. The van der Waals surface area contributed by atoms with Gasteiger partial charge in [-0.15, -0.1) is 0 Å². The van der Waals surface area contributed by atoms with Crippen LogP contribution < -0.4 is 5.32 Å². The highest BCUT2D eigenvalue weighted by Gasteiger charge is 2.46. The normalized spacial score (nSPS) is 29.7. The lowest BCUT2D eigenvalue weighted by Crippen LogP contribution is -2.39. The van der Waals surface area contributed by atoms with Crippen molar-refractivity contribution in [2.75, 3.05) is 6.54 Å². The number of fused-ring (bicyclic) bond motifs is 2. The van der Waals surface area contributed by atoms with E-state index in [0.717, 1.165) is 13.0 Å². The van der Waals surface area contributed by atoms with Crippen molar-refractivity contribution in [2.45, 2.75) is 25.3 Å². The maximum absolute atomic E-state index is 12.1. The second-order valence-corrected chi connectivity index (χ2v) is 6.63. The molecule has 0 radical (unpaired) electrons. The highest BCUT2D eigenvalue weighted by molar-refractivity contribution is 5.82. The van der Waals surface area contributed by atoms with Gasteiger partial charge in [0.25, 0.3) is 0 Å². The van der Waals surface area contributed by atoms with E-state index in [1.165, 1.54) is 16.7 Å². The molecule has 112 valence electrons. The van der Waals surface area contributed by atoms with E-state index in [0.29, 0.717) is 17.8 Å². The van der Waals surface area contributed by atoms with Crippen LogP contribution in [0.15, 0.2) is 54.6 Å². The van der Waals surface area contributed by atoms with Gasteiger partial charge >= 0.3 is 0 Å². The predicted molar refractivity (Wildman–Crippen MR) is 87.9 cm³/mol. The number of carbonyl (C=O) groups excluding carboxylic acids is 1. The van der Waals surface area contributed by atoms with Gasteiger partial charge in [-0.3, -0.25) is 4.79 Å². The molecule has 0 amide bonds. The van der Waals surface area contributed by atoms with Crippen molar-refractivity contribution in [2.24, 2.45) is 11.8 Å². The van der Waals surface area contributed by atoms with E-state index in [4.69, 9.17) is 0 Å². The van der Waals surface area contributed by atoms with E-state index in [1.54, 1.807) is 6.92 Å². The molecule has 4 atom stereocenters. The van der Waals surface area contributed by atoms with Gasteiger partial charge < -0.3 is 5.32 Å². The van der Waals surface area contributed by atoms with Crippen LogP contribution in [0.3, 0.4) is 0 Å². The first-order chi connectivity index (χ1) is 10.8. The Bertz CT molecular complexity index is 694. The Hall–Kier alpha value is -1.93. The Balaban J connectivity index is 1.87. The Morgan fingerprint density at radius 3 is 2.55 bits per heavy atom. The highest BCUT2D eigenvalue weighted by atomic mass is 16.1. The van der Waals surface area contributed by atoms with Crippen LogP contribution in [0.5, 0.6) is 0 Å². The molecule has 2 aliphatic rings. The van der Waals surface area contributed by atoms with Crippen molar-refractivity contribution in [1.29, 1.82) is 0 Å². The summed E-state index contributed by atoms with van der Waals surface area (Å²) in [6.45, 7) is 2.68. The molecule has 4 unspecified atom stereocenters. The van der Waals surface area contributed by atoms with Crippen molar-refractivity contribution in [3.8, 4) is 0 Å². The largest absolute Gasteiger partial charge is 0.307 e. The van der Waals surface area contributed by atoms with Gasteiger partial charge in [0, 0.05) is 5.92 Å². The topological polar surface area (TPSA) is 29.1 Å². The third kappa shape index (κ3) is 2.10. The summed E-state index contributed by atoms with van der Waals surface area (Å²) in [4.78, 5) is 12.1. The molecule has 1 aliphatic heterocycles. The summed E-state index contributed by atoms with van der Waals surface area (Å²) in [6, 6.07) is 19.4. The molecule has 2 heteroatoms. The molecule has 1 saturated heterocycles. The minimum absolute atomic E-state index is 0.0106. The van der Waals surface area contributed by atoms with Crippen LogP contribution >= 0.6 is 0 Å². The first-order valence-electron chi connectivity index (χ1n) is 8.12. The van der Waals surface area contributed by atoms with E-state index < -0.39 is 0 Å². The number of carbonyl (C=O) groups is 1. The first-order valence-corrected chi connectivity index (χ1v) is 8.12. The molecule has 4 rings (SSSR count). The zero-order valence-corrected chi connectivity index (χ0v) is 12.8. The molecule has 1 aliphatic carbocycles. The van der Waals surface area contributed by atoms with Crippen LogP contribution in [0.1, 0.15) is 29.5 Å². The number of hydrogen-bond donors (Lipinski definition) is 1. The summed E-state index contributed by atoms with van der Waals surface area (Å²) in [7, 11) is 0. The average molecular weight is 291 g/mol. The molecule has 2 nitrogen and oxygen atoms in total. The summed E-state index contributed by atoms with van der Waals surface area (Å²) < 4.78 is 0. The molecule has 1 fully saturated rings. The fourth-order valence-electron chi connectivity index (χ4n) is 4.49. The summed E-state index contributed by atoms with van der Waals surface area (Å²) in [5.74, 6) is 1.51. The maximum atomic E-state index is 12.1. The van der Waals surface area contributed by atoms with Crippen LogP contribution in [-0.4, -0.2) is 18.4 Å². The van der Waals surface area contributed by atoms with Gasteiger partial charge in [0.2, 0.25) is 0 Å². The summed E-state index contributed by atoms with van der Waals surface area (Å²) >= 11 is 0. The molecule has 2 aromatic carbocycles. The Labute approximate surface area is 131 Å². The molecule has 2 aromatic rings. The molecule has 0 saturated carbocycles. The van der Waals surface area contributed by atoms with Crippen LogP contribution in [0, 0.1) is 11.8 Å². The molecule has 0 aromatic heterocycles. The SMILES string of the molecule is CC(=O)C1NCC2Cc3ccccc3C(c3ccccc3)C21. The zero-order valence-electron chi connectivity index (χ0n) is 12.8. The van der Waals surface area contributed by atoms with Crippen molar-refractivity contribution >= 4 is 5.78 Å². The van der Waals surface area contributed by atoms with Gasteiger partial charge in [0.05, 0.1) is 6.04 Å². The second-order valence-electron chi connectivity index (χ2n) is 6.63. The number of rotatable bonds is 2. The second kappa shape index (κ2) is 5.36. The number of ketones is 1. The summed E-state index contributed by atoms with van der Waals surface area (Å²) in [5.41, 5.74) is 4.19. The lowest BCUT2D eigenvalue weighted by atomic mass is 9.65. The summed E-state index contributed by atoms with van der Waals surface area (Å²) in [5, 5.41) is 3.48. The van der Waals surface area contributed by atoms with Gasteiger partial charge in [-0.25, -0.2) is 0 Å². The first kappa shape index (κ1) is 13.7. The number of nitrogens with one attached hydrogen (secondary N) is 1. The van der Waals surface area contributed by atoms with Crippen molar-refractivity contribution in [3.63, 3.8) is 0 Å². The van der Waals surface area contributed by atoms with Crippen LogP contribution in [-0.2, 0) is 11.2 Å². The fraction of sp³-hybridized carbons (Fsp3) is 0.350. The van der Waals surface area contributed by atoms with Crippen molar-refractivity contribution in [3.05, 3.63) is 71.3 Å². The van der Waals surface area contributed by atoms with Gasteiger partial charge in [-0.05, 0) is 48.4 Å². The smallest absolute Gasteiger partial charge is 0.147 e. The van der Waals surface area contributed by atoms with Crippen molar-refractivity contribution in [1.82, 2.24) is 5.32 Å². The number of benzene rings is 2. The lowest BCUT2D eigenvalue weighted by Gasteiger charge is -2.38. The van der Waals surface area contributed by atoms with E-state index >= 15 is 0 Å². The van der Waals surface area contributed by atoms with Crippen molar-refractivity contribution < 1.29 is 4.79 Å². The third-order valence-corrected chi connectivity index (χ3v) is 5.38. The molecule has 22 heavy (non-hydrogen) atoms. The molecule has 1 N–H and O–H groups in total. The Morgan fingerprint density at radius 2 is 1.77 bits per heavy atom. The number of Topliss-reactive ketones (excluding diaryl/α,β-unsaturated/α-hetero) is 1. The minimum atomic E-state index is -0.0106. The van der Waals surface area contributed by atoms with Crippen LogP contribution in [0.4, 0.5) is 0 Å². The molecule has 0 spiro atoms. The lowest BCUT2D eigenvalue weighted by molar-refractivity contribution is -0.119. The van der Waals surface area contributed by atoms with Gasteiger partial charge in [0.1, 0.15) is 5.78 Å². The maximum Gasteiger partial charge on any atom is 0.147 e. The average Bonchev–Trinajstić information content (AvgIpc) is 2.97. The standard InChI is InChI=1S/C20H21NO/c1-13(22)20-19-16(12-21-20)11-15-9-5-6-10-17(15)18(19)14-7-3-2-4-8-14/h2-10,16,18-21H,11-12H2,1H3. The highest BCUT2D eigenvalue weighted by Crippen LogP contribution is 2.47. The molecular weight excluding hydrogens is 270 g/mol. The van der Waals surface area contributed by atoms with E-state index in [2.05, 4.69) is 59.9 Å². The predicted octanol–water partition coefficient (Wildman–Crippen LogP) is 3.17. The van der Waals surface area contributed by atoms with E-state index in [9.17, 15) is 4.79 Å². The number of hydrogen-bond acceptors (Lipinski definition) is 2. The van der Waals surface area contributed by atoms with Crippen LogP contribution in [0.25, 0.3) is 0 Å². The zero-order chi connectivity index (χ0) is 15.1. The van der Waals surface area contributed by atoms with E-state index in [-0.39, 0.29) is 11.8 Å². The third-order valence-electron chi connectivity index (χ3n) is 5.38. The minimum Gasteiger partial charge on any atom is -0.307 e. The molecular formula is C20H21NO.